The number of carboxylic acid groups (broad SMARTS) is 1. The summed E-state index contributed by atoms with van der Waals surface area (Å²) in [6.45, 7) is 2.07. The number of nitrogens with one attached hydrogen (secondary N) is 1. The van der Waals surface area contributed by atoms with Gasteiger partial charge in [0.1, 0.15) is 6.61 Å². The average Bonchev–Trinajstić information content (AvgIpc) is 2.28. The van der Waals surface area contributed by atoms with Crippen molar-refractivity contribution in [3.05, 3.63) is 41.9 Å². The lowest BCUT2D eigenvalue weighted by molar-refractivity contribution is -0.142. The fraction of sp³-hybridized carbons (Fsp3) is 0.273. The van der Waals surface area contributed by atoms with Gasteiger partial charge in [-0.05, 0) is 11.1 Å². The first-order valence-corrected chi connectivity index (χ1v) is 4.86. The Morgan fingerprint density at radius 2 is 2.38 bits per heavy atom. The first-order chi connectivity index (χ1) is 7.72. The van der Waals surface area contributed by atoms with Gasteiger partial charge in [0.15, 0.2) is 0 Å². The molecular formula is C11H15N2O3. The van der Waals surface area contributed by atoms with Crippen LogP contribution in [0.2, 0.25) is 0 Å². The lowest BCUT2D eigenvalue weighted by Gasteiger charge is -2.06. The highest BCUT2D eigenvalue weighted by molar-refractivity contribution is 5.67. The zero-order chi connectivity index (χ0) is 11.8. The number of hydrogen-bond donors (Lipinski definition) is 3. The zero-order valence-electron chi connectivity index (χ0n) is 8.85. The van der Waals surface area contributed by atoms with Crippen LogP contribution in [-0.2, 0) is 16.1 Å². The summed E-state index contributed by atoms with van der Waals surface area (Å²) in [6.07, 6.45) is 0. The number of benzene rings is 1. The van der Waals surface area contributed by atoms with Gasteiger partial charge in [0.05, 0.1) is 6.73 Å². The van der Waals surface area contributed by atoms with Crippen LogP contribution < -0.4 is 11.1 Å². The van der Waals surface area contributed by atoms with E-state index in [2.05, 4.69) is 5.32 Å². The first kappa shape index (κ1) is 12.6. The summed E-state index contributed by atoms with van der Waals surface area (Å²) in [6, 6.07) is 7.72. The molecule has 0 heterocycles. The molecule has 0 fully saturated rings. The minimum absolute atomic E-state index is 0.211. The molecule has 0 amide bonds. The van der Waals surface area contributed by atoms with Gasteiger partial charge < -0.3 is 15.6 Å². The molecule has 0 saturated heterocycles. The number of hydrogen-bond acceptors (Lipinski definition) is 4. The maximum Gasteiger partial charge on any atom is 0.329 e. The molecule has 0 atom stereocenters. The molecule has 0 saturated carbocycles. The van der Waals surface area contributed by atoms with Gasteiger partial charge >= 0.3 is 5.97 Å². The predicted octanol–water partition coefficient (Wildman–Crippen LogP) is 0.303. The molecule has 1 aromatic carbocycles. The van der Waals surface area contributed by atoms with Crippen molar-refractivity contribution >= 4 is 5.97 Å². The Morgan fingerprint density at radius 1 is 1.56 bits per heavy atom. The van der Waals surface area contributed by atoms with Gasteiger partial charge in [0, 0.05) is 13.1 Å². The molecule has 4 N–H and O–H groups in total. The highest BCUT2D eigenvalue weighted by atomic mass is 16.5. The Balaban J connectivity index is 2.23. The van der Waals surface area contributed by atoms with E-state index in [1.807, 2.05) is 24.3 Å². The van der Waals surface area contributed by atoms with Crippen LogP contribution >= 0.6 is 0 Å². The van der Waals surface area contributed by atoms with Crippen LogP contribution in [0.15, 0.2) is 24.3 Å². The van der Waals surface area contributed by atoms with Crippen LogP contribution in [0.5, 0.6) is 0 Å². The van der Waals surface area contributed by atoms with Crippen LogP contribution in [0, 0.1) is 6.54 Å². The second kappa shape index (κ2) is 6.95. The van der Waals surface area contributed by atoms with Crippen molar-refractivity contribution < 1.29 is 14.6 Å². The molecule has 0 spiro atoms. The minimum Gasteiger partial charge on any atom is -0.480 e. The van der Waals surface area contributed by atoms with Crippen LogP contribution in [-0.4, -0.2) is 24.4 Å². The third-order valence-electron chi connectivity index (χ3n) is 1.90. The second-order valence-corrected chi connectivity index (χ2v) is 3.23. The summed E-state index contributed by atoms with van der Waals surface area (Å²) in [5.74, 6) is -0.971. The van der Waals surface area contributed by atoms with Crippen molar-refractivity contribution in [1.82, 2.24) is 5.32 Å². The average molecular weight is 223 g/mol. The molecule has 5 heteroatoms. The summed E-state index contributed by atoms with van der Waals surface area (Å²) in [7, 11) is 0. The van der Waals surface area contributed by atoms with Gasteiger partial charge in [-0.3, -0.25) is 5.32 Å². The molecule has 0 aliphatic rings. The topological polar surface area (TPSA) is 84.6 Å². The Kier molecular flexibility index (Phi) is 5.49. The lowest BCUT2D eigenvalue weighted by atomic mass is 10.1. The quantitative estimate of drug-likeness (QED) is 0.457. The van der Waals surface area contributed by atoms with Crippen LogP contribution in [0.1, 0.15) is 11.1 Å². The molecule has 0 aromatic heterocycles. The largest absolute Gasteiger partial charge is 0.480 e. The third-order valence-corrected chi connectivity index (χ3v) is 1.90. The molecule has 87 valence electrons. The summed E-state index contributed by atoms with van der Waals surface area (Å²) >= 11 is 0. The molecule has 0 unspecified atom stereocenters. The van der Waals surface area contributed by atoms with E-state index in [1.54, 1.807) is 0 Å². The lowest BCUT2D eigenvalue weighted by Crippen LogP contribution is -2.20. The van der Waals surface area contributed by atoms with Crippen LogP contribution in [0.3, 0.4) is 0 Å². The number of nitrogens with two attached hydrogens (primary N) is 1. The monoisotopic (exact) mass is 223 g/mol. The Labute approximate surface area is 94.2 Å². The van der Waals surface area contributed by atoms with Crippen molar-refractivity contribution in [2.45, 2.75) is 6.54 Å². The Bertz CT molecular complexity index is 342. The smallest absolute Gasteiger partial charge is 0.329 e. The fourth-order valence-corrected chi connectivity index (χ4v) is 1.21. The normalized spacial score (nSPS) is 10.3. The highest BCUT2D eigenvalue weighted by Crippen LogP contribution is 2.04. The molecule has 16 heavy (non-hydrogen) atoms. The van der Waals surface area contributed by atoms with E-state index in [9.17, 15) is 4.79 Å². The van der Waals surface area contributed by atoms with Crippen molar-refractivity contribution in [2.24, 2.45) is 5.73 Å². The zero-order valence-corrected chi connectivity index (χ0v) is 8.85. The van der Waals surface area contributed by atoms with E-state index in [0.717, 1.165) is 11.1 Å². The maximum absolute atomic E-state index is 10.1. The van der Waals surface area contributed by atoms with E-state index < -0.39 is 5.97 Å². The summed E-state index contributed by atoms with van der Waals surface area (Å²) in [5, 5.41) is 11.3. The number of rotatable bonds is 7. The standard InChI is InChI=1S/C11H15N2O3/c12-5-9-2-1-3-10(4-9)6-13-8-16-7-11(14)15/h1-5,13H,6-8,12H2,(H,14,15). The molecule has 1 aromatic rings. The van der Waals surface area contributed by atoms with E-state index in [1.165, 1.54) is 6.54 Å². The summed E-state index contributed by atoms with van der Waals surface area (Å²) < 4.78 is 4.83. The van der Waals surface area contributed by atoms with Gasteiger partial charge in [-0.25, -0.2) is 4.79 Å². The van der Waals surface area contributed by atoms with Crippen molar-refractivity contribution in [3.63, 3.8) is 0 Å². The van der Waals surface area contributed by atoms with Gasteiger partial charge in [0.25, 0.3) is 0 Å². The van der Waals surface area contributed by atoms with Crippen molar-refractivity contribution in [1.29, 1.82) is 0 Å². The predicted molar refractivity (Wildman–Crippen MR) is 59.3 cm³/mol. The second-order valence-electron chi connectivity index (χ2n) is 3.23. The maximum atomic E-state index is 10.1. The summed E-state index contributed by atoms with van der Waals surface area (Å²) in [5.41, 5.74) is 7.41. The number of carbonyl (C=O) groups is 1. The van der Waals surface area contributed by atoms with E-state index in [0.29, 0.717) is 6.54 Å². The van der Waals surface area contributed by atoms with Crippen molar-refractivity contribution in [2.75, 3.05) is 13.3 Å². The van der Waals surface area contributed by atoms with E-state index in [-0.39, 0.29) is 13.3 Å². The minimum atomic E-state index is -0.971. The van der Waals surface area contributed by atoms with Gasteiger partial charge in [-0.15, -0.1) is 0 Å². The van der Waals surface area contributed by atoms with Gasteiger partial charge in [-0.2, -0.15) is 0 Å². The fourth-order valence-electron chi connectivity index (χ4n) is 1.21. The van der Waals surface area contributed by atoms with Gasteiger partial charge in [-0.1, -0.05) is 24.3 Å². The van der Waals surface area contributed by atoms with E-state index in [4.69, 9.17) is 15.6 Å². The molecule has 1 rings (SSSR count). The van der Waals surface area contributed by atoms with Crippen LogP contribution in [0.25, 0.3) is 0 Å². The number of aliphatic carboxylic acids is 1. The number of carboxylic acids is 1. The highest BCUT2D eigenvalue weighted by Gasteiger charge is 1.97. The molecule has 0 aliphatic heterocycles. The Hall–Kier alpha value is -1.43. The number of ether oxygens (including phenoxy) is 1. The summed E-state index contributed by atoms with van der Waals surface area (Å²) in [4.78, 5) is 10.1. The molecular weight excluding hydrogens is 208 g/mol. The van der Waals surface area contributed by atoms with E-state index >= 15 is 0 Å². The van der Waals surface area contributed by atoms with Crippen LogP contribution in [0.4, 0.5) is 0 Å². The molecule has 1 radical (unpaired) electrons. The van der Waals surface area contributed by atoms with Crippen molar-refractivity contribution in [3.8, 4) is 0 Å². The first-order valence-electron chi connectivity index (χ1n) is 4.86. The van der Waals surface area contributed by atoms with Gasteiger partial charge in [0.2, 0.25) is 0 Å². The molecule has 0 bridgehead atoms. The molecule has 0 aliphatic carbocycles. The molecule has 5 nitrogen and oxygen atoms in total. The SMILES string of the molecule is N[CH]c1cccc(CNCOCC(=O)O)c1. The third kappa shape index (κ3) is 4.88. The Morgan fingerprint density at radius 3 is 3.06 bits per heavy atom.